The number of carbonyl (C=O) groups is 1. The summed E-state index contributed by atoms with van der Waals surface area (Å²) in [5.41, 5.74) is -3.09. The topological polar surface area (TPSA) is 63.2 Å². The standard InChI is InChI=1S/C22H20F7NO3S/c1-20(2,34(32,33)16-5-3-4-13(11-16)21(24,25)26)14-9-15(10-14)30-19(31)12-6-7-18(23)17(8-12)22(27,28)29/h3-8,11,14-15H,9-10H2,1-2H3,(H,30,31)/t14-,15-. The van der Waals surface area contributed by atoms with E-state index in [1.165, 1.54) is 13.8 Å². The summed E-state index contributed by atoms with van der Waals surface area (Å²) >= 11 is 0. The number of hydrogen-bond acceptors (Lipinski definition) is 3. The van der Waals surface area contributed by atoms with E-state index in [2.05, 4.69) is 5.32 Å². The average molecular weight is 511 g/mol. The van der Waals surface area contributed by atoms with Gasteiger partial charge in [0.1, 0.15) is 5.82 Å². The molecule has 0 atom stereocenters. The van der Waals surface area contributed by atoms with Crippen LogP contribution in [0.3, 0.4) is 0 Å². The highest BCUT2D eigenvalue weighted by Gasteiger charge is 2.49. The van der Waals surface area contributed by atoms with E-state index >= 15 is 0 Å². The molecule has 34 heavy (non-hydrogen) atoms. The molecule has 12 heteroatoms. The first-order valence-corrected chi connectivity index (χ1v) is 11.5. The first-order valence-electron chi connectivity index (χ1n) is 10.0. The summed E-state index contributed by atoms with van der Waals surface area (Å²) in [5, 5.41) is 2.48. The Hall–Kier alpha value is -2.63. The van der Waals surface area contributed by atoms with Gasteiger partial charge in [0, 0.05) is 11.6 Å². The van der Waals surface area contributed by atoms with Gasteiger partial charge < -0.3 is 5.32 Å². The number of halogens is 7. The third kappa shape index (κ3) is 4.91. The number of alkyl halides is 6. The Morgan fingerprint density at radius 1 is 0.941 bits per heavy atom. The Labute approximate surface area is 191 Å². The van der Waals surface area contributed by atoms with Gasteiger partial charge in [-0.3, -0.25) is 4.79 Å². The summed E-state index contributed by atoms with van der Waals surface area (Å²) in [6.45, 7) is 2.75. The lowest BCUT2D eigenvalue weighted by Gasteiger charge is -2.45. The molecule has 1 amide bonds. The molecule has 1 aliphatic rings. The summed E-state index contributed by atoms with van der Waals surface area (Å²) in [4.78, 5) is 11.8. The van der Waals surface area contributed by atoms with Crippen LogP contribution in [0.2, 0.25) is 0 Å². The van der Waals surface area contributed by atoms with Crippen molar-refractivity contribution in [3.05, 3.63) is 65.0 Å². The van der Waals surface area contributed by atoms with Crippen molar-refractivity contribution >= 4 is 15.7 Å². The molecule has 0 radical (unpaired) electrons. The molecule has 0 bridgehead atoms. The van der Waals surface area contributed by atoms with Crippen molar-refractivity contribution in [2.45, 2.75) is 54.7 Å². The van der Waals surface area contributed by atoms with Gasteiger partial charge in [-0.1, -0.05) is 6.07 Å². The van der Waals surface area contributed by atoms with Gasteiger partial charge in [-0.2, -0.15) is 26.3 Å². The number of hydrogen-bond donors (Lipinski definition) is 1. The van der Waals surface area contributed by atoms with Gasteiger partial charge in [-0.15, -0.1) is 0 Å². The van der Waals surface area contributed by atoms with Crippen LogP contribution in [0.15, 0.2) is 47.4 Å². The molecular formula is C22H20F7NO3S. The van der Waals surface area contributed by atoms with E-state index < -0.39 is 72.2 Å². The molecule has 186 valence electrons. The predicted octanol–water partition coefficient (Wildman–Crippen LogP) is 5.62. The lowest BCUT2D eigenvalue weighted by Crippen LogP contribution is -2.53. The largest absolute Gasteiger partial charge is 0.419 e. The Bertz CT molecular complexity index is 1200. The third-order valence-corrected chi connectivity index (χ3v) is 8.75. The van der Waals surface area contributed by atoms with Crippen LogP contribution >= 0.6 is 0 Å². The van der Waals surface area contributed by atoms with Crippen LogP contribution in [-0.4, -0.2) is 25.1 Å². The number of nitrogens with one attached hydrogen (secondary N) is 1. The van der Waals surface area contributed by atoms with Crippen molar-refractivity contribution in [2.24, 2.45) is 5.92 Å². The van der Waals surface area contributed by atoms with Crippen molar-refractivity contribution in [1.82, 2.24) is 5.32 Å². The maximum Gasteiger partial charge on any atom is 0.419 e. The van der Waals surface area contributed by atoms with Gasteiger partial charge >= 0.3 is 12.4 Å². The van der Waals surface area contributed by atoms with Crippen molar-refractivity contribution in [2.75, 3.05) is 0 Å². The second-order valence-corrected chi connectivity index (χ2v) is 11.2. The second kappa shape index (κ2) is 8.54. The average Bonchev–Trinajstić information content (AvgIpc) is 2.68. The van der Waals surface area contributed by atoms with Gasteiger partial charge in [0.25, 0.3) is 5.91 Å². The summed E-state index contributed by atoms with van der Waals surface area (Å²) in [6, 6.07) is 4.69. The Kier molecular flexibility index (Phi) is 6.53. The zero-order valence-electron chi connectivity index (χ0n) is 17.9. The highest BCUT2D eigenvalue weighted by atomic mass is 32.2. The molecule has 0 spiro atoms. The molecule has 0 aromatic heterocycles. The van der Waals surface area contributed by atoms with Crippen LogP contribution in [-0.2, 0) is 22.2 Å². The molecule has 4 nitrogen and oxygen atoms in total. The van der Waals surface area contributed by atoms with E-state index in [1.807, 2.05) is 0 Å². The first-order chi connectivity index (χ1) is 15.4. The third-order valence-electron chi connectivity index (χ3n) is 6.15. The van der Waals surface area contributed by atoms with E-state index in [0.29, 0.717) is 18.2 Å². The molecule has 2 aromatic rings. The smallest absolute Gasteiger partial charge is 0.349 e. The quantitative estimate of drug-likeness (QED) is 0.530. The van der Waals surface area contributed by atoms with Gasteiger partial charge in [-0.05, 0) is 69.0 Å². The highest BCUT2D eigenvalue weighted by Crippen LogP contribution is 2.44. The van der Waals surface area contributed by atoms with Gasteiger partial charge in [0.2, 0.25) is 0 Å². The minimum atomic E-state index is -4.98. The summed E-state index contributed by atoms with van der Waals surface area (Å²) in [6.07, 6.45) is -9.41. The fraction of sp³-hybridized carbons (Fsp3) is 0.409. The van der Waals surface area contributed by atoms with Gasteiger partial charge in [-0.25, -0.2) is 12.8 Å². The van der Waals surface area contributed by atoms with Crippen molar-refractivity contribution in [1.29, 1.82) is 0 Å². The minimum absolute atomic E-state index is 0.143. The van der Waals surface area contributed by atoms with Crippen molar-refractivity contribution < 1.29 is 43.9 Å². The SMILES string of the molecule is CC(C)([C@H]1C[C@H](NC(=O)c2ccc(F)c(C(F)(F)F)c2)C1)S(=O)(=O)c1cccc(C(F)(F)F)c1. The van der Waals surface area contributed by atoms with E-state index in [0.717, 1.165) is 24.3 Å². The monoisotopic (exact) mass is 511 g/mol. The lowest BCUT2D eigenvalue weighted by atomic mass is 9.73. The fourth-order valence-electron chi connectivity index (χ4n) is 3.82. The summed E-state index contributed by atoms with van der Waals surface area (Å²) in [5.74, 6) is -2.93. The maximum atomic E-state index is 13.4. The Morgan fingerprint density at radius 3 is 2.12 bits per heavy atom. The molecule has 1 N–H and O–H groups in total. The lowest BCUT2D eigenvalue weighted by molar-refractivity contribution is -0.140. The molecule has 1 fully saturated rings. The summed E-state index contributed by atoms with van der Waals surface area (Å²) < 4.78 is 116. The Morgan fingerprint density at radius 2 is 1.56 bits per heavy atom. The van der Waals surface area contributed by atoms with Gasteiger partial charge in [0.15, 0.2) is 9.84 Å². The van der Waals surface area contributed by atoms with Gasteiger partial charge in [0.05, 0.1) is 20.8 Å². The Balaban J connectivity index is 1.71. The molecule has 3 rings (SSSR count). The predicted molar refractivity (Wildman–Crippen MR) is 108 cm³/mol. The number of benzene rings is 2. The van der Waals surface area contributed by atoms with E-state index in [4.69, 9.17) is 0 Å². The highest BCUT2D eigenvalue weighted by molar-refractivity contribution is 7.92. The minimum Gasteiger partial charge on any atom is -0.349 e. The molecule has 0 saturated heterocycles. The molecule has 0 heterocycles. The number of rotatable bonds is 5. The van der Waals surface area contributed by atoms with Crippen molar-refractivity contribution in [3.63, 3.8) is 0 Å². The molecule has 2 aromatic carbocycles. The molecule has 1 saturated carbocycles. The maximum absolute atomic E-state index is 13.4. The number of amides is 1. The zero-order valence-corrected chi connectivity index (χ0v) is 18.7. The molecular weight excluding hydrogens is 491 g/mol. The van der Waals surface area contributed by atoms with Crippen LogP contribution < -0.4 is 5.32 Å². The van der Waals surface area contributed by atoms with E-state index in [-0.39, 0.29) is 12.8 Å². The van der Waals surface area contributed by atoms with Crippen LogP contribution in [0, 0.1) is 11.7 Å². The van der Waals surface area contributed by atoms with Crippen LogP contribution in [0.1, 0.15) is 48.2 Å². The van der Waals surface area contributed by atoms with Crippen LogP contribution in [0.25, 0.3) is 0 Å². The van der Waals surface area contributed by atoms with E-state index in [9.17, 15) is 43.9 Å². The van der Waals surface area contributed by atoms with E-state index in [1.54, 1.807) is 0 Å². The zero-order chi connectivity index (χ0) is 25.7. The van der Waals surface area contributed by atoms with Crippen LogP contribution in [0.5, 0.6) is 0 Å². The number of sulfone groups is 1. The first kappa shape index (κ1) is 26.0. The van der Waals surface area contributed by atoms with Crippen LogP contribution in [0.4, 0.5) is 30.7 Å². The fourth-order valence-corrected chi connectivity index (χ4v) is 5.60. The molecule has 1 aliphatic carbocycles. The normalized spacial score (nSPS) is 19.4. The molecule has 0 unspecified atom stereocenters. The number of carbonyl (C=O) groups excluding carboxylic acids is 1. The van der Waals surface area contributed by atoms with Crippen molar-refractivity contribution in [3.8, 4) is 0 Å². The second-order valence-electron chi connectivity index (χ2n) is 8.66. The molecule has 0 aliphatic heterocycles. The summed E-state index contributed by atoms with van der Waals surface area (Å²) in [7, 11) is -4.19.